The van der Waals surface area contributed by atoms with Crippen molar-refractivity contribution in [3.8, 4) is 0 Å². The van der Waals surface area contributed by atoms with E-state index >= 15 is 0 Å². The van der Waals surface area contributed by atoms with Crippen LogP contribution in [0.4, 0.5) is 13.2 Å². The Kier molecular flexibility index (Phi) is 5.98. The molecular weight excluding hydrogens is 479 g/mol. The summed E-state index contributed by atoms with van der Waals surface area (Å²) in [7, 11) is -4.07. The Morgan fingerprint density at radius 3 is 2.36 bits per heavy atom. The van der Waals surface area contributed by atoms with Gasteiger partial charge >= 0.3 is 6.18 Å². The summed E-state index contributed by atoms with van der Waals surface area (Å²) in [6, 6.07) is 9.81. The summed E-state index contributed by atoms with van der Waals surface area (Å²) in [4.78, 5) is 16.2. The van der Waals surface area contributed by atoms with Crippen molar-refractivity contribution < 1.29 is 26.4 Å². The molecule has 11 heteroatoms. The summed E-state index contributed by atoms with van der Waals surface area (Å²) in [6.45, 7) is 0. The average molecular weight is 494 g/mol. The summed E-state index contributed by atoms with van der Waals surface area (Å²) in [5, 5.41) is 6.59. The Morgan fingerprint density at radius 2 is 1.70 bits per heavy atom. The monoisotopic (exact) mass is 493 g/mol. The molecule has 0 amide bonds. The fourth-order valence-electron chi connectivity index (χ4n) is 3.26. The van der Waals surface area contributed by atoms with Crippen LogP contribution < -0.4 is 0 Å². The zero-order chi connectivity index (χ0) is 23.8. The normalized spacial score (nSPS) is 12.2. The second kappa shape index (κ2) is 8.60. The Hall–Kier alpha value is -3.24. The van der Waals surface area contributed by atoms with Gasteiger partial charge in [-0.25, -0.2) is 13.4 Å². The number of aromatic amines is 1. The number of nitrogens with zero attached hydrogens (tertiary/aromatic N) is 2. The second-order valence-electron chi connectivity index (χ2n) is 7.24. The summed E-state index contributed by atoms with van der Waals surface area (Å²) >= 11 is 5.65. The molecule has 1 N–H and O–H groups in total. The van der Waals surface area contributed by atoms with Gasteiger partial charge in [-0.15, -0.1) is 0 Å². The molecule has 0 aliphatic carbocycles. The molecule has 33 heavy (non-hydrogen) atoms. The molecule has 0 spiro atoms. The van der Waals surface area contributed by atoms with Crippen molar-refractivity contribution in [2.75, 3.05) is 0 Å². The smallest absolute Gasteiger partial charge is 0.294 e. The Balaban J connectivity index is 1.47. The van der Waals surface area contributed by atoms with Crippen LogP contribution in [0.15, 0.2) is 70.7 Å². The molecular formula is C22H15ClF3N3O3S. The number of rotatable bonds is 6. The average Bonchev–Trinajstić information content (AvgIpc) is 3.24. The number of carbonyl (C=O) groups excluding carboxylic acids is 1. The van der Waals surface area contributed by atoms with E-state index in [0.29, 0.717) is 23.7 Å². The van der Waals surface area contributed by atoms with Gasteiger partial charge in [0, 0.05) is 23.6 Å². The topological polar surface area (TPSA) is 92.8 Å². The van der Waals surface area contributed by atoms with Gasteiger partial charge in [-0.2, -0.15) is 18.3 Å². The molecule has 0 bridgehead atoms. The van der Waals surface area contributed by atoms with Crippen molar-refractivity contribution in [1.29, 1.82) is 0 Å². The molecule has 6 nitrogen and oxygen atoms in total. The first-order valence-electron chi connectivity index (χ1n) is 9.59. The SMILES string of the molecule is O=C(CCc1ccc(S(=O)(=O)c2ccc(C(F)(F)F)c(Cl)c2)cc1)c1cnc2[nH]ncc2c1. The highest BCUT2D eigenvalue weighted by Crippen LogP contribution is 2.36. The first-order chi connectivity index (χ1) is 15.6. The fourth-order valence-corrected chi connectivity index (χ4v) is 4.89. The number of aromatic nitrogens is 3. The fraction of sp³-hybridized carbons (Fsp3) is 0.136. The van der Waals surface area contributed by atoms with Crippen LogP contribution in [0.2, 0.25) is 5.02 Å². The molecule has 4 aromatic rings. The van der Waals surface area contributed by atoms with Crippen LogP contribution in [-0.2, 0) is 22.4 Å². The summed E-state index contributed by atoms with van der Waals surface area (Å²) in [5.41, 5.74) is 0.648. The number of H-pyrrole nitrogens is 1. The molecule has 0 atom stereocenters. The zero-order valence-electron chi connectivity index (χ0n) is 16.7. The van der Waals surface area contributed by atoms with E-state index in [2.05, 4.69) is 15.2 Å². The van der Waals surface area contributed by atoms with Gasteiger partial charge in [0.15, 0.2) is 11.4 Å². The summed E-state index contributed by atoms with van der Waals surface area (Å²) in [6.07, 6.45) is -1.09. The maximum Gasteiger partial charge on any atom is 0.417 e. The van der Waals surface area contributed by atoms with Crippen LogP contribution in [0.1, 0.15) is 27.9 Å². The number of benzene rings is 2. The van der Waals surface area contributed by atoms with E-state index in [4.69, 9.17) is 11.6 Å². The van der Waals surface area contributed by atoms with Crippen molar-refractivity contribution >= 4 is 38.3 Å². The molecule has 0 radical (unpaired) electrons. The minimum atomic E-state index is -4.68. The molecule has 170 valence electrons. The number of ketones is 1. The molecule has 0 saturated heterocycles. The highest BCUT2D eigenvalue weighted by atomic mass is 35.5. The number of aryl methyl sites for hydroxylation is 1. The number of carbonyl (C=O) groups is 1. The number of hydrogen-bond acceptors (Lipinski definition) is 5. The van der Waals surface area contributed by atoms with Crippen molar-refractivity contribution in [1.82, 2.24) is 15.2 Å². The van der Waals surface area contributed by atoms with E-state index in [9.17, 15) is 26.4 Å². The molecule has 0 unspecified atom stereocenters. The molecule has 4 rings (SSSR count). The highest BCUT2D eigenvalue weighted by Gasteiger charge is 2.34. The number of fused-ring (bicyclic) bond motifs is 1. The first kappa shape index (κ1) is 22.9. The van der Waals surface area contributed by atoms with Gasteiger partial charge < -0.3 is 0 Å². The van der Waals surface area contributed by atoms with Crippen LogP contribution in [0.3, 0.4) is 0 Å². The van der Waals surface area contributed by atoms with E-state index in [1.807, 2.05) is 0 Å². The van der Waals surface area contributed by atoms with E-state index in [0.717, 1.165) is 23.1 Å². The van der Waals surface area contributed by atoms with Gasteiger partial charge in [-0.05, 0) is 48.4 Å². The number of halogens is 4. The van der Waals surface area contributed by atoms with E-state index in [-0.39, 0.29) is 22.0 Å². The van der Waals surface area contributed by atoms with Crippen LogP contribution in [0.5, 0.6) is 0 Å². The lowest BCUT2D eigenvalue weighted by atomic mass is 10.0. The Labute approximate surface area is 191 Å². The van der Waals surface area contributed by atoms with E-state index < -0.39 is 26.6 Å². The lowest BCUT2D eigenvalue weighted by molar-refractivity contribution is -0.137. The van der Waals surface area contributed by atoms with Crippen molar-refractivity contribution in [2.24, 2.45) is 0 Å². The van der Waals surface area contributed by atoms with Crippen molar-refractivity contribution in [3.05, 3.63) is 82.6 Å². The van der Waals surface area contributed by atoms with E-state index in [1.165, 1.54) is 18.3 Å². The van der Waals surface area contributed by atoms with Gasteiger partial charge in [-0.1, -0.05) is 23.7 Å². The number of sulfone groups is 1. The lowest BCUT2D eigenvalue weighted by Gasteiger charge is -2.11. The first-order valence-corrected chi connectivity index (χ1v) is 11.4. The number of hydrogen-bond donors (Lipinski definition) is 1. The number of nitrogens with one attached hydrogen (secondary N) is 1. The van der Waals surface area contributed by atoms with Gasteiger partial charge in [0.1, 0.15) is 0 Å². The molecule has 2 aromatic heterocycles. The minimum absolute atomic E-state index is 0.0944. The zero-order valence-corrected chi connectivity index (χ0v) is 18.3. The van der Waals surface area contributed by atoms with Gasteiger partial charge in [0.25, 0.3) is 0 Å². The third-order valence-corrected chi connectivity index (χ3v) is 7.12. The standard InChI is InChI=1S/C22H15ClF3N3O3S/c23-19-10-17(6-7-18(19)22(24,25)26)33(31,32)16-4-1-13(2-5-16)3-8-20(30)14-9-15-12-28-29-21(15)27-11-14/h1-2,4-7,9-12H,3,8H2,(H,27,28,29). The van der Waals surface area contributed by atoms with E-state index in [1.54, 1.807) is 24.4 Å². The highest BCUT2D eigenvalue weighted by molar-refractivity contribution is 7.91. The molecule has 0 fully saturated rings. The summed E-state index contributed by atoms with van der Waals surface area (Å²) < 4.78 is 64.2. The number of pyridine rings is 1. The Bertz CT molecular complexity index is 1450. The molecule has 0 aliphatic heterocycles. The molecule has 2 aromatic carbocycles. The molecule has 2 heterocycles. The lowest BCUT2D eigenvalue weighted by Crippen LogP contribution is -2.08. The van der Waals surface area contributed by atoms with Crippen LogP contribution >= 0.6 is 11.6 Å². The van der Waals surface area contributed by atoms with Crippen LogP contribution in [0, 0.1) is 0 Å². The summed E-state index contributed by atoms with van der Waals surface area (Å²) in [5.74, 6) is -0.123. The third kappa shape index (κ3) is 4.76. The minimum Gasteiger partial charge on any atom is -0.294 e. The second-order valence-corrected chi connectivity index (χ2v) is 9.60. The predicted molar refractivity (Wildman–Crippen MR) is 115 cm³/mol. The molecule has 0 saturated carbocycles. The largest absolute Gasteiger partial charge is 0.417 e. The van der Waals surface area contributed by atoms with Gasteiger partial charge in [0.2, 0.25) is 9.84 Å². The number of Topliss-reactive ketones (excluding diaryl/α,β-unsaturated/α-hetero) is 1. The number of alkyl halides is 3. The van der Waals surface area contributed by atoms with Gasteiger partial charge in [-0.3, -0.25) is 9.89 Å². The van der Waals surface area contributed by atoms with Crippen molar-refractivity contribution in [2.45, 2.75) is 28.8 Å². The Morgan fingerprint density at radius 1 is 1.00 bits per heavy atom. The predicted octanol–water partition coefficient (Wildman–Crippen LogP) is 5.28. The maximum absolute atomic E-state index is 12.9. The van der Waals surface area contributed by atoms with Crippen LogP contribution in [-0.4, -0.2) is 29.4 Å². The van der Waals surface area contributed by atoms with Crippen LogP contribution in [0.25, 0.3) is 11.0 Å². The quantitative estimate of drug-likeness (QED) is 0.369. The van der Waals surface area contributed by atoms with Gasteiger partial charge in [0.05, 0.1) is 26.6 Å². The third-order valence-electron chi connectivity index (χ3n) is 5.04. The molecule has 0 aliphatic rings. The van der Waals surface area contributed by atoms with Crippen molar-refractivity contribution in [3.63, 3.8) is 0 Å². The maximum atomic E-state index is 12.9.